The number of halogens is 1. The highest BCUT2D eigenvalue weighted by Crippen LogP contribution is 2.28. The van der Waals surface area contributed by atoms with E-state index in [1.807, 2.05) is 6.92 Å². The van der Waals surface area contributed by atoms with Crippen LogP contribution in [0.5, 0.6) is 0 Å². The second-order valence-electron chi connectivity index (χ2n) is 5.44. The van der Waals surface area contributed by atoms with E-state index < -0.39 is 5.97 Å². The van der Waals surface area contributed by atoms with Crippen LogP contribution in [0.2, 0.25) is 0 Å². The molecule has 3 aromatic rings. The van der Waals surface area contributed by atoms with Gasteiger partial charge in [-0.05, 0) is 31.0 Å². The predicted octanol–water partition coefficient (Wildman–Crippen LogP) is 3.14. The van der Waals surface area contributed by atoms with Crippen LogP contribution in [-0.4, -0.2) is 32.4 Å². The fraction of sp³-hybridized carbons (Fsp3) is 0.222. The Morgan fingerprint density at radius 2 is 2.04 bits per heavy atom. The Hall–Kier alpha value is -3.09. The van der Waals surface area contributed by atoms with Crippen molar-refractivity contribution in [2.75, 3.05) is 6.61 Å². The number of carbonyl (C=O) groups excluding carboxylic acids is 1. The molecule has 3 rings (SSSR count). The molecule has 0 aliphatic rings. The Labute approximate surface area is 144 Å². The molecule has 7 heteroatoms. The Kier molecular flexibility index (Phi) is 4.56. The van der Waals surface area contributed by atoms with Gasteiger partial charge in [-0.2, -0.15) is 5.10 Å². The second-order valence-corrected chi connectivity index (χ2v) is 5.44. The topological polar surface area (TPSA) is 69.4 Å². The molecule has 128 valence electrons. The van der Waals surface area contributed by atoms with Crippen LogP contribution in [0.3, 0.4) is 0 Å². The van der Waals surface area contributed by atoms with Crippen molar-refractivity contribution in [2.45, 2.75) is 20.3 Å². The molecule has 0 aliphatic carbocycles. The summed E-state index contributed by atoms with van der Waals surface area (Å²) in [7, 11) is 0. The molecular weight excluding hydrogens is 323 g/mol. The Morgan fingerprint density at radius 3 is 2.68 bits per heavy atom. The lowest BCUT2D eigenvalue weighted by Crippen LogP contribution is -2.14. The maximum atomic E-state index is 13.2. The highest BCUT2D eigenvalue weighted by molar-refractivity contribution is 5.89. The molecule has 0 saturated carbocycles. The second kappa shape index (κ2) is 6.80. The smallest absolute Gasteiger partial charge is 0.361 e. The molecule has 0 atom stereocenters. The highest BCUT2D eigenvalue weighted by atomic mass is 19.1. The summed E-state index contributed by atoms with van der Waals surface area (Å²) in [6, 6.07) is 6.13. The molecule has 0 N–H and O–H groups in total. The average molecular weight is 340 g/mol. The van der Waals surface area contributed by atoms with Crippen LogP contribution in [0, 0.1) is 12.7 Å². The van der Waals surface area contributed by atoms with Crippen LogP contribution in [0.15, 0.2) is 36.9 Å². The van der Waals surface area contributed by atoms with Gasteiger partial charge in [-0.25, -0.2) is 13.7 Å². The summed E-state index contributed by atoms with van der Waals surface area (Å²) in [5.74, 6) is -0.892. The van der Waals surface area contributed by atoms with Gasteiger partial charge in [-0.3, -0.25) is 0 Å². The monoisotopic (exact) mass is 340 g/mol. The zero-order valence-corrected chi connectivity index (χ0v) is 14.0. The number of nitrogens with zero attached hydrogens (tertiary/aromatic N) is 4. The third-order valence-electron chi connectivity index (χ3n) is 3.83. The molecule has 0 radical (unpaired) electrons. The van der Waals surface area contributed by atoms with Crippen molar-refractivity contribution >= 4 is 11.6 Å². The van der Waals surface area contributed by atoms with E-state index in [9.17, 15) is 9.18 Å². The lowest BCUT2D eigenvalue weighted by atomic mass is 10.0. The minimum absolute atomic E-state index is 0.0954. The number of fused-ring (bicyclic) bond motifs is 1. The lowest BCUT2D eigenvalue weighted by molar-refractivity contribution is 0.0539. The summed E-state index contributed by atoms with van der Waals surface area (Å²) in [5.41, 5.74) is 3.52. The molecule has 0 spiro atoms. The number of aryl methyl sites for hydroxylation is 2. The van der Waals surface area contributed by atoms with Crippen molar-refractivity contribution < 1.29 is 13.9 Å². The molecule has 0 aliphatic heterocycles. The first kappa shape index (κ1) is 16.8. The van der Waals surface area contributed by atoms with E-state index in [1.165, 1.54) is 18.2 Å². The molecular formula is C18H17FN4O2. The van der Waals surface area contributed by atoms with E-state index in [0.29, 0.717) is 17.8 Å². The number of ether oxygens (including phenoxy) is 1. The highest BCUT2D eigenvalue weighted by Gasteiger charge is 2.21. The lowest BCUT2D eigenvalue weighted by Gasteiger charge is -2.06. The third-order valence-corrected chi connectivity index (χ3v) is 3.83. The van der Waals surface area contributed by atoms with Gasteiger partial charge in [0, 0.05) is 0 Å². The van der Waals surface area contributed by atoms with Crippen molar-refractivity contribution in [3.05, 3.63) is 59.8 Å². The van der Waals surface area contributed by atoms with E-state index >= 15 is 0 Å². The van der Waals surface area contributed by atoms with Crippen molar-refractivity contribution in [1.29, 1.82) is 0 Å². The number of carbonyl (C=O) groups is 1. The molecule has 0 bridgehead atoms. The van der Waals surface area contributed by atoms with E-state index in [4.69, 9.17) is 4.74 Å². The Bertz CT molecular complexity index is 948. The van der Waals surface area contributed by atoms with Gasteiger partial charge >= 0.3 is 5.97 Å². The molecule has 25 heavy (non-hydrogen) atoms. The number of rotatable bonds is 5. The van der Waals surface area contributed by atoms with Gasteiger partial charge < -0.3 is 4.74 Å². The summed E-state index contributed by atoms with van der Waals surface area (Å²) in [6.07, 6.45) is 2.14. The van der Waals surface area contributed by atoms with Crippen LogP contribution >= 0.6 is 0 Å². The SMILES string of the molecule is C=CCOC(=O)c1nnc2c(-c3ccc(F)cc3)c(CC)nn2c1C. The summed E-state index contributed by atoms with van der Waals surface area (Å²) in [5, 5.41) is 12.7. The number of hydrogen-bond acceptors (Lipinski definition) is 5. The number of aromatic nitrogens is 4. The van der Waals surface area contributed by atoms with Gasteiger partial charge in [0.2, 0.25) is 0 Å². The summed E-state index contributed by atoms with van der Waals surface area (Å²) < 4.78 is 19.8. The quantitative estimate of drug-likeness (QED) is 0.527. The molecule has 0 unspecified atom stereocenters. The van der Waals surface area contributed by atoms with Crippen LogP contribution in [0.4, 0.5) is 4.39 Å². The maximum Gasteiger partial charge on any atom is 0.361 e. The van der Waals surface area contributed by atoms with E-state index in [-0.39, 0.29) is 18.1 Å². The molecule has 6 nitrogen and oxygen atoms in total. The molecule has 0 saturated heterocycles. The van der Waals surface area contributed by atoms with Gasteiger partial charge in [0.15, 0.2) is 11.3 Å². The number of hydrogen-bond donors (Lipinski definition) is 0. The van der Waals surface area contributed by atoms with Crippen molar-refractivity contribution in [2.24, 2.45) is 0 Å². The van der Waals surface area contributed by atoms with Crippen LogP contribution in [-0.2, 0) is 11.2 Å². The molecule has 1 aromatic carbocycles. The first-order valence-electron chi connectivity index (χ1n) is 7.85. The fourth-order valence-corrected chi connectivity index (χ4v) is 2.60. The van der Waals surface area contributed by atoms with Crippen LogP contribution in [0.25, 0.3) is 16.8 Å². The normalized spacial score (nSPS) is 10.8. The fourth-order valence-electron chi connectivity index (χ4n) is 2.60. The minimum Gasteiger partial charge on any atom is -0.457 e. The molecule has 2 heterocycles. The van der Waals surface area contributed by atoms with Crippen molar-refractivity contribution in [3.63, 3.8) is 0 Å². The van der Waals surface area contributed by atoms with Crippen LogP contribution in [0.1, 0.15) is 28.8 Å². The maximum absolute atomic E-state index is 13.2. The minimum atomic E-state index is -0.580. The van der Waals surface area contributed by atoms with Gasteiger partial charge in [0.1, 0.15) is 12.4 Å². The van der Waals surface area contributed by atoms with Crippen molar-refractivity contribution in [3.8, 4) is 11.1 Å². The van der Waals surface area contributed by atoms with Crippen molar-refractivity contribution in [1.82, 2.24) is 19.8 Å². The Morgan fingerprint density at radius 1 is 1.32 bits per heavy atom. The van der Waals surface area contributed by atoms with Gasteiger partial charge in [-0.15, -0.1) is 10.2 Å². The zero-order chi connectivity index (χ0) is 18.0. The molecule has 0 fully saturated rings. The summed E-state index contributed by atoms with van der Waals surface area (Å²) in [4.78, 5) is 12.1. The van der Waals surface area contributed by atoms with Crippen LogP contribution < -0.4 is 0 Å². The first-order chi connectivity index (χ1) is 12.1. The van der Waals surface area contributed by atoms with Gasteiger partial charge in [-0.1, -0.05) is 31.7 Å². The van der Waals surface area contributed by atoms with E-state index in [1.54, 1.807) is 23.6 Å². The van der Waals surface area contributed by atoms with Gasteiger partial charge in [0.25, 0.3) is 0 Å². The largest absolute Gasteiger partial charge is 0.457 e. The number of esters is 1. The zero-order valence-electron chi connectivity index (χ0n) is 14.0. The van der Waals surface area contributed by atoms with Gasteiger partial charge in [0.05, 0.1) is 17.0 Å². The van der Waals surface area contributed by atoms with E-state index in [2.05, 4.69) is 21.9 Å². The predicted molar refractivity (Wildman–Crippen MR) is 90.8 cm³/mol. The molecule has 2 aromatic heterocycles. The summed E-state index contributed by atoms with van der Waals surface area (Å²) >= 11 is 0. The first-order valence-corrected chi connectivity index (χ1v) is 7.85. The standard InChI is InChI=1S/C18H17FN4O2/c1-4-10-25-18(24)16-11(3)23-17(21-20-16)15(14(5-2)22-23)12-6-8-13(19)9-7-12/h4,6-9H,1,5,10H2,2-3H3. The molecule has 0 amide bonds. The third kappa shape index (κ3) is 3.00. The number of benzene rings is 1. The summed E-state index contributed by atoms with van der Waals surface area (Å²) in [6.45, 7) is 7.30. The average Bonchev–Trinajstić information content (AvgIpc) is 3.00. The Balaban J connectivity index is 2.16. The van der Waals surface area contributed by atoms with E-state index in [0.717, 1.165) is 16.8 Å².